The number of rotatable bonds is 4. The van der Waals surface area contributed by atoms with Gasteiger partial charge in [0.2, 0.25) is 0 Å². The first-order chi connectivity index (χ1) is 7.02. The minimum absolute atomic E-state index is 0.0557. The maximum atomic E-state index is 10.4. The number of carboxylic acids is 1. The van der Waals surface area contributed by atoms with Gasteiger partial charge in [-0.05, 0) is 34.0 Å². The molecule has 0 saturated carbocycles. The van der Waals surface area contributed by atoms with Gasteiger partial charge in [0.1, 0.15) is 0 Å². The Morgan fingerprint density at radius 3 is 2.87 bits per heavy atom. The fourth-order valence-electron chi connectivity index (χ4n) is 1.24. The Morgan fingerprint density at radius 1 is 1.60 bits per heavy atom. The molecule has 1 rings (SSSR count). The van der Waals surface area contributed by atoms with Crippen LogP contribution in [0.1, 0.15) is 24.4 Å². The van der Waals surface area contributed by atoms with Crippen LogP contribution in [0.4, 0.5) is 0 Å². The number of halogens is 2. The molecule has 1 atom stereocenters. The molecule has 0 aromatic heterocycles. The van der Waals surface area contributed by atoms with Gasteiger partial charge in [-0.3, -0.25) is 4.79 Å². The molecule has 0 fully saturated rings. The lowest BCUT2D eigenvalue weighted by atomic mass is 10.0. The zero-order chi connectivity index (χ0) is 11.4. The summed E-state index contributed by atoms with van der Waals surface area (Å²) in [6, 6.07) is 5.07. The molecule has 0 bridgehead atoms. The Morgan fingerprint density at radius 2 is 2.27 bits per heavy atom. The molecule has 0 aliphatic heterocycles. The molecule has 0 spiro atoms. The van der Waals surface area contributed by atoms with Crippen LogP contribution in [-0.4, -0.2) is 11.1 Å². The van der Waals surface area contributed by atoms with Crippen LogP contribution >= 0.6 is 27.5 Å². The summed E-state index contributed by atoms with van der Waals surface area (Å²) < 4.78 is 0.740. The van der Waals surface area contributed by atoms with E-state index in [2.05, 4.69) is 15.9 Å². The van der Waals surface area contributed by atoms with Gasteiger partial charge in [0, 0.05) is 16.9 Å². The summed E-state index contributed by atoms with van der Waals surface area (Å²) in [5.74, 6) is -0.844. The zero-order valence-electron chi connectivity index (χ0n) is 7.91. The van der Waals surface area contributed by atoms with E-state index in [4.69, 9.17) is 22.4 Å². The summed E-state index contributed by atoms with van der Waals surface area (Å²) >= 11 is 9.23. The van der Waals surface area contributed by atoms with Gasteiger partial charge in [0.05, 0.1) is 5.02 Å². The average Bonchev–Trinajstić information content (AvgIpc) is 2.18. The van der Waals surface area contributed by atoms with Crippen LogP contribution < -0.4 is 5.73 Å². The summed E-state index contributed by atoms with van der Waals surface area (Å²) in [7, 11) is 0. The maximum Gasteiger partial charge on any atom is 0.303 e. The number of carbonyl (C=O) groups is 1. The van der Waals surface area contributed by atoms with Crippen LogP contribution in [0.25, 0.3) is 0 Å². The fourth-order valence-corrected chi connectivity index (χ4v) is 1.98. The Kier molecular flexibility index (Phi) is 4.57. The molecule has 0 aliphatic rings. The topological polar surface area (TPSA) is 63.3 Å². The molecule has 1 unspecified atom stereocenters. The highest BCUT2D eigenvalue weighted by molar-refractivity contribution is 9.10. The highest BCUT2D eigenvalue weighted by atomic mass is 79.9. The largest absolute Gasteiger partial charge is 0.481 e. The second-order valence-electron chi connectivity index (χ2n) is 3.18. The number of benzene rings is 1. The average molecular weight is 293 g/mol. The Labute approximate surface area is 101 Å². The molecule has 1 aromatic rings. The Bertz CT molecular complexity index is 370. The highest BCUT2D eigenvalue weighted by Gasteiger charge is 2.12. The molecule has 0 radical (unpaired) electrons. The van der Waals surface area contributed by atoms with E-state index >= 15 is 0 Å². The highest BCUT2D eigenvalue weighted by Crippen LogP contribution is 2.30. The van der Waals surface area contributed by atoms with Gasteiger partial charge in [-0.2, -0.15) is 0 Å². The fraction of sp³-hybridized carbons (Fsp3) is 0.300. The SMILES string of the molecule is NC(CCC(=O)O)c1cccc(Cl)c1Br. The maximum absolute atomic E-state index is 10.4. The van der Waals surface area contributed by atoms with Crippen molar-refractivity contribution < 1.29 is 9.90 Å². The van der Waals surface area contributed by atoms with Crippen molar-refractivity contribution in [1.82, 2.24) is 0 Å². The first-order valence-electron chi connectivity index (χ1n) is 4.43. The van der Waals surface area contributed by atoms with Gasteiger partial charge >= 0.3 is 5.97 Å². The normalized spacial score (nSPS) is 12.5. The minimum atomic E-state index is -0.844. The van der Waals surface area contributed by atoms with Crippen molar-refractivity contribution in [3.8, 4) is 0 Å². The molecule has 0 amide bonds. The quantitative estimate of drug-likeness (QED) is 0.897. The van der Waals surface area contributed by atoms with E-state index in [0.717, 1.165) is 10.0 Å². The van der Waals surface area contributed by atoms with Crippen LogP contribution in [-0.2, 0) is 4.79 Å². The molecular formula is C10H11BrClNO2. The lowest BCUT2D eigenvalue weighted by molar-refractivity contribution is -0.137. The summed E-state index contributed by atoms with van der Waals surface area (Å²) in [4.78, 5) is 10.4. The summed E-state index contributed by atoms with van der Waals surface area (Å²) in [6.07, 6.45) is 0.453. The van der Waals surface area contributed by atoms with E-state index in [1.54, 1.807) is 12.1 Å². The molecular weight excluding hydrogens is 281 g/mol. The number of hydrogen-bond acceptors (Lipinski definition) is 2. The predicted octanol–water partition coefficient (Wildman–Crippen LogP) is 2.97. The van der Waals surface area contributed by atoms with E-state index in [1.807, 2.05) is 6.07 Å². The van der Waals surface area contributed by atoms with E-state index in [0.29, 0.717) is 11.4 Å². The third-order valence-corrected chi connectivity index (χ3v) is 3.48. The number of nitrogens with two attached hydrogens (primary N) is 1. The summed E-state index contributed by atoms with van der Waals surface area (Å²) in [6.45, 7) is 0. The summed E-state index contributed by atoms with van der Waals surface area (Å²) in [5.41, 5.74) is 6.70. The van der Waals surface area contributed by atoms with Crippen LogP contribution in [0.5, 0.6) is 0 Å². The minimum Gasteiger partial charge on any atom is -0.481 e. The third-order valence-electron chi connectivity index (χ3n) is 2.05. The third kappa shape index (κ3) is 3.48. The van der Waals surface area contributed by atoms with E-state index < -0.39 is 5.97 Å². The second-order valence-corrected chi connectivity index (χ2v) is 4.38. The number of hydrogen-bond donors (Lipinski definition) is 2. The Hall–Kier alpha value is -0.580. The van der Waals surface area contributed by atoms with Crippen LogP contribution in [0, 0.1) is 0 Å². The van der Waals surface area contributed by atoms with E-state index in [1.165, 1.54) is 0 Å². The van der Waals surface area contributed by atoms with Crippen LogP contribution in [0.15, 0.2) is 22.7 Å². The number of aliphatic carboxylic acids is 1. The van der Waals surface area contributed by atoms with Crippen molar-refractivity contribution in [2.24, 2.45) is 5.73 Å². The molecule has 1 aromatic carbocycles. The smallest absolute Gasteiger partial charge is 0.303 e. The first kappa shape index (κ1) is 12.5. The monoisotopic (exact) mass is 291 g/mol. The molecule has 0 heterocycles. The van der Waals surface area contributed by atoms with E-state index in [-0.39, 0.29) is 12.5 Å². The van der Waals surface area contributed by atoms with Crippen molar-refractivity contribution in [3.05, 3.63) is 33.3 Å². The molecule has 3 N–H and O–H groups in total. The van der Waals surface area contributed by atoms with Gasteiger partial charge in [-0.25, -0.2) is 0 Å². The second kappa shape index (κ2) is 5.49. The van der Waals surface area contributed by atoms with Gasteiger partial charge in [-0.15, -0.1) is 0 Å². The molecule has 82 valence electrons. The lowest BCUT2D eigenvalue weighted by Gasteiger charge is -2.13. The molecule has 0 aliphatic carbocycles. The van der Waals surface area contributed by atoms with Gasteiger partial charge in [0.25, 0.3) is 0 Å². The van der Waals surface area contributed by atoms with Crippen molar-refractivity contribution in [1.29, 1.82) is 0 Å². The van der Waals surface area contributed by atoms with Crippen molar-refractivity contribution >= 4 is 33.5 Å². The van der Waals surface area contributed by atoms with Crippen LogP contribution in [0.2, 0.25) is 5.02 Å². The van der Waals surface area contributed by atoms with Crippen molar-refractivity contribution in [2.75, 3.05) is 0 Å². The van der Waals surface area contributed by atoms with Crippen molar-refractivity contribution in [2.45, 2.75) is 18.9 Å². The van der Waals surface area contributed by atoms with E-state index in [9.17, 15) is 4.79 Å². The van der Waals surface area contributed by atoms with Crippen LogP contribution in [0.3, 0.4) is 0 Å². The van der Waals surface area contributed by atoms with Crippen molar-refractivity contribution in [3.63, 3.8) is 0 Å². The standard InChI is InChI=1S/C10H11BrClNO2/c11-10-6(2-1-3-7(10)12)8(13)4-5-9(14)15/h1-3,8H,4-5,13H2,(H,14,15). The first-order valence-corrected chi connectivity index (χ1v) is 5.60. The molecule has 3 nitrogen and oxygen atoms in total. The molecule has 0 saturated heterocycles. The number of carboxylic acid groups (broad SMARTS) is 1. The molecule has 5 heteroatoms. The van der Waals surface area contributed by atoms with Gasteiger partial charge < -0.3 is 10.8 Å². The predicted molar refractivity (Wildman–Crippen MR) is 63.0 cm³/mol. The molecule has 15 heavy (non-hydrogen) atoms. The van der Waals surface area contributed by atoms with Gasteiger partial charge in [-0.1, -0.05) is 23.7 Å². The lowest BCUT2D eigenvalue weighted by Crippen LogP contribution is -2.12. The Balaban J connectivity index is 2.77. The zero-order valence-corrected chi connectivity index (χ0v) is 10.3. The van der Waals surface area contributed by atoms with Gasteiger partial charge in [0.15, 0.2) is 0 Å². The summed E-state index contributed by atoms with van der Waals surface area (Å²) in [5, 5.41) is 9.12.